The molecular weight excluding hydrogens is 442 g/mol. The summed E-state index contributed by atoms with van der Waals surface area (Å²) in [6.45, 7) is 0. The van der Waals surface area contributed by atoms with Gasteiger partial charge in [-0.15, -0.1) is 5.10 Å². The van der Waals surface area contributed by atoms with Crippen LogP contribution in [-0.2, 0) is 4.79 Å². The molecule has 2 saturated carbocycles. The van der Waals surface area contributed by atoms with E-state index >= 15 is 0 Å². The second kappa shape index (κ2) is 7.23. The van der Waals surface area contributed by atoms with Gasteiger partial charge in [0, 0.05) is 32.4 Å². The second-order valence-corrected chi connectivity index (χ2v) is 8.44. The van der Waals surface area contributed by atoms with Crippen molar-refractivity contribution in [3.8, 4) is 17.3 Å². The first kappa shape index (κ1) is 20.6. The quantitative estimate of drug-likeness (QED) is 0.283. The number of imidazole rings is 1. The highest BCUT2D eigenvalue weighted by Gasteiger charge is 2.75. The molecule has 1 amide bonds. The average molecular weight is 463 g/mol. The van der Waals surface area contributed by atoms with E-state index in [0.717, 1.165) is 0 Å². The van der Waals surface area contributed by atoms with Crippen LogP contribution in [0.3, 0.4) is 0 Å². The summed E-state index contributed by atoms with van der Waals surface area (Å²) in [6.07, 6.45) is 6.02. The van der Waals surface area contributed by atoms with E-state index in [1.54, 1.807) is 42.7 Å². The maximum atomic E-state index is 12.5. The molecule has 4 aromatic heterocycles. The van der Waals surface area contributed by atoms with Crippen LogP contribution < -0.4 is 10.6 Å². The molecule has 4 heterocycles. The van der Waals surface area contributed by atoms with Crippen LogP contribution >= 0.6 is 0 Å². The van der Waals surface area contributed by atoms with Gasteiger partial charge in [0.1, 0.15) is 17.5 Å². The van der Waals surface area contributed by atoms with Crippen LogP contribution in [0.2, 0.25) is 0 Å². The minimum atomic E-state index is -1.19. The molecule has 0 radical (unpaired) electrons. The van der Waals surface area contributed by atoms with Crippen LogP contribution in [-0.4, -0.2) is 86.9 Å². The minimum Gasteiger partial charge on any atom is -0.389 e. The Morgan fingerprint density at radius 1 is 1.18 bits per heavy atom. The minimum absolute atomic E-state index is 0.225. The summed E-state index contributed by atoms with van der Waals surface area (Å²) in [5, 5.41) is 35.5. The first-order valence-corrected chi connectivity index (χ1v) is 10.7. The van der Waals surface area contributed by atoms with Crippen molar-refractivity contribution < 1.29 is 15.0 Å². The SMILES string of the molecule is CNC(=O)C12CC1[C@@H](n1cnc3c(NC)nc(-n4cc(-c5cnccn5)nn4)nc31)[C@H](O)[C@@H]2O. The fraction of sp³-hybridized carbons (Fsp3) is 0.400. The van der Waals surface area contributed by atoms with Crippen molar-refractivity contribution in [2.24, 2.45) is 11.3 Å². The number of aliphatic hydroxyl groups excluding tert-OH is 2. The average Bonchev–Trinajstić information content (AvgIpc) is 3.14. The Morgan fingerprint density at radius 3 is 2.76 bits per heavy atom. The van der Waals surface area contributed by atoms with E-state index in [9.17, 15) is 15.0 Å². The number of carbonyl (C=O) groups excluding carboxylic acids is 1. The van der Waals surface area contributed by atoms with Crippen LogP contribution in [0, 0.1) is 11.3 Å². The van der Waals surface area contributed by atoms with Crippen molar-refractivity contribution in [2.75, 3.05) is 19.4 Å². The second-order valence-electron chi connectivity index (χ2n) is 8.44. The zero-order valence-corrected chi connectivity index (χ0v) is 18.2. The molecular formula is C20H21N11O3. The smallest absolute Gasteiger partial charge is 0.256 e. The molecule has 2 fully saturated rings. The number of aromatic nitrogens is 9. The molecule has 174 valence electrons. The summed E-state index contributed by atoms with van der Waals surface area (Å²) in [4.78, 5) is 34.4. The van der Waals surface area contributed by atoms with Gasteiger partial charge in [-0.1, -0.05) is 5.21 Å². The third-order valence-corrected chi connectivity index (χ3v) is 6.81. The zero-order valence-electron chi connectivity index (χ0n) is 18.2. The molecule has 4 aromatic rings. The number of rotatable bonds is 5. The lowest BCUT2D eigenvalue weighted by molar-refractivity contribution is -0.132. The maximum absolute atomic E-state index is 12.5. The number of nitrogens with one attached hydrogen (secondary N) is 2. The van der Waals surface area contributed by atoms with Crippen molar-refractivity contribution in [2.45, 2.75) is 24.7 Å². The van der Waals surface area contributed by atoms with E-state index in [1.807, 2.05) is 0 Å². The Hall–Kier alpha value is -4.04. The van der Waals surface area contributed by atoms with E-state index in [4.69, 9.17) is 0 Å². The molecule has 0 aliphatic heterocycles. The summed E-state index contributed by atoms with van der Waals surface area (Å²) in [5.41, 5.74) is 0.964. The molecule has 0 spiro atoms. The van der Waals surface area contributed by atoms with Gasteiger partial charge in [-0.2, -0.15) is 14.6 Å². The van der Waals surface area contributed by atoms with Gasteiger partial charge in [-0.05, 0) is 6.42 Å². The van der Waals surface area contributed by atoms with Gasteiger partial charge in [0.2, 0.25) is 5.91 Å². The van der Waals surface area contributed by atoms with Crippen molar-refractivity contribution in [3.63, 3.8) is 0 Å². The van der Waals surface area contributed by atoms with Crippen molar-refractivity contribution >= 4 is 22.9 Å². The molecule has 0 saturated heterocycles. The van der Waals surface area contributed by atoms with Crippen molar-refractivity contribution in [1.82, 2.24) is 49.8 Å². The lowest BCUT2D eigenvalue weighted by Crippen LogP contribution is -2.41. The number of fused-ring (bicyclic) bond motifs is 2. The van der Waals surface area contributed by atoms with Crippen LogP contribution in [0.4, 0.5) is 5.82 Å². The van der Waals surface area contributed by atoms with Crippen LogP contribution in [0.25, 0.3) is 28.5 Å². The number of carbonyl (C=O) groups is 1. The summed E-state index contributed by atoms with van der Waals surface area (Å²) < 4.78 is 3.12. The maximum Gasteiger partial charge on any atom is 0.256 e. The molecule has 2 unspecified atom stereocenters. The molecule has 14 heteroatoms. The lowest BCUT2D eigenvalue weighted by atomic mass is 9.98. The van der Waals surface area contributed by atoms with Gasteiger partial charge < -0.3 is 25.4 Å². The fourth-order valence-electron chi connectivity index (χ4n) is 5.10. The van der Waals surface area contributed by atoms with Gasteiger partial charge >= 0.3 is 0 Å². The highest BCUT2D eigenvalue weighted by atomic mass is 16.3. The molecule has 2 aliphatic rings. The molecule has 5 atom stereocenters. The van der Waals surface area contributed by atoms with E-state index in [-0.39, 0.29) is 17.8 Å². The highest BCUT2D eigenvalue weighted by Crippen LogP contribution is 2.67. The largest absolute Gasteiger partial charge is 0.389 e. The van der Waals surface area contributed by atoms with E-state index in [2.05, 4.69) is 45.9 Å². The Labute approximate surface area is 192 Å². The van der Waals surface area contributed by atoms with Crippen molar-refractivity contribution in [1.29, 1.82) is 0 Å². The third-order valence-electron chi connectivity index (χ3n) is 6.81. The van der Waals surface area contributed by atoms with Gasteiger partial charge in [0.15, 0.2) is 17.0 Å². The lowest BCUT2D eigenvalue weighted by Gasteiger charge is -2.23. The standard InChI is InChI=1S/C20H21N11O3/c1-21-16-12-17(27-19(26-16)31-7-11(28-29-31)10-6-23-3-4-24-10)30(8-25-12)13-9-5-20(9,18(34)22-2)15(33)14(13)32/h3-4,6-9,13-15,32-33H,5H2,1-2H3,(H,22,34)(H,21,26,27)/t9?,13-,14+,15+,20?/m1/s1. The number of aliphatic hydroxyl groups is 2. The monoisotopic (exact) mass is 463 g/mol. The number of hydrogen-bond acceptors (Lipinski definition) is 11. The predicted octanol–water partition coefficient (Wildman–Crippen LogP) is -1.07. The van der Waals surface area contributed by atoms with Crippen LogP contribution in [0.15, 0.2) is 31.1 Å². The van der Waals surface area contributed by atoms with Gasteiger partial charge in [-0.3, -0.25) is 14.8 Å². The molecule has 6 rings (SSSR count). The Morgan fingerprint density at radius 2 is 2.03 bits per heavy atom. The highest BCUT2D eigenvalue weighted by molar-refractivity contribution is 5.88. The third kappa shape index (κ3) is 2.69. The number of nitrogens with zero attached hydrogens (tertiary/aromatic N) is 9. The van der Waals surface area contributed by atoms with Crippen LogP contribution in [0.1, 0.15) is 12.5 Å². The Bertz CT molecular complexity index is 1400. The van der Waals surface area contributed by atoms with Crippen molar-refractivity contribution in [3.05, 3.63) is 31.1 Å². The molecule has 34 heavy (non-hydrogen) atoms. The molecule has 0 bridgehead atoms. The van der Waals surface area contributed by atoms with E-state index in [1.165, 1.54) is 11.7 Å². The topological polar surface area (TPSA) is 182 Å². The van der Waals surface area contributed by atoms with Gasteiger partial charge in [0.05, 0.1) is 36.3 Å². The first-order valence-electron chi connectivity index (χ1n) is 10.7. The predicted molar refractivity (Wildman–Crippen MR) is 116 cm³/mol. The fourth-order valence-corrected chi connectivity index (χ4v) is 5.10. The summed E-state index contributed by atoms with van der Waals surface area (Å²) in [6, 6.07) is -0.573. The molecule has 0 aromatic carbocycles. The molecule has 4 N–H and O–H groups in total. The summed E-state index contributed by atoms with van der Waals surface area (Å²) in [7, 11) is 3.24. The van der Waals surface area contributed by atoms with Crippen LogP contribution in [0.5, 0.6) is 0 Å². The number of amides is 1. The number of hydrogen-bond donors (Lipinski definition) is 4. The zero-order chi connectivity index (χ0) is 23.6. The van der Waals surface area contributed by atoms with Gasteiger partial charge in [-0.25, -0.2) is 4.98 Å². The number of anilines is 1. The summed E-state index contributed by atoms with van der Waals surface area (Å²) in [5.74, 6) is 0.154. The summed E-state index contributed by atoms with van der Waals surface area (Å²) >= 11 is 0. The Kier molecular flexibility index (Phi) is 4.37. The Balaban J connectivity index is 1.44. The molecule has 2 aliphatic carbocycles. The van der Waals surface area contributed by atoms with E-state index < -0.39 is 23.7 Å². The normalized spacial score (nSPS) is 27.5. The first-order chi connectivity index (χ1) is 16.5. The molecule has 14 nitrogen and oxygen atoms in total. The van der Waals surface area contributed by atoms with E-state index in [0.29, 0.717) is 34.8 Å². The van der Waals surface area contributed by atoms with Gasteiger partial charge in [0.25, 0.3) is 5.95 Å².